The summed E-state index contributed by atoms with van der Waals surface area (Å²) in [6.45, 7) is 8.47. The van der Waals surface area contributed by atoms with Crippen LogP contribution in [0.25, 0.3) is 0 Å². The molecule has 0 aliphatic rings. The summed E-state index contributed by atoms with van der Waals surface area (Å²) in [7, 11) is 2.00. The van der Waals surface area contributed by atoms with Crippen LogP contribution >= 0.6 is 0 Å². The van der Waals surface area contributed by atoms with Gasteiger partial charge in [-0.25, -0.2) is 0 Å². The molecule has 0 radical (unpaired) electrons. The fourth-order valence-electron chi connectivity index (χ4n) is 2.58. The Morgan fingerprint density at radius 3 is 2.48 bits per heavy atom. The number of hydrogen-bond donors (Lipinski definition) is 1. The molecule has 0 saturated carbocycles. The third-order valence-electron chi connectivity index (χ3n) is 3.97. The molecule has 2 aromatic rings. The summed E-state index contributed by atoms with van der Waals surface area (Å²) in [5.41, 5.74) is 4.54. The molecule has 0 aromatic carbocycles. The van der Waals surface area contributed by atoms with E-state index in [1.807, 2.05) is 20.9 Å². The smallest absolute Gasteiger partial charge is 0.0643 e. The van der Waals surface area contributed by atoms with Crippen LogP contribution in [-0.2, 0) is 6.42 Å². The SMILES string of the molecule is CCC(C)n1ccc(CC(NC)c2cc(C)nc(C)c2)n1. The Kier molecular flexibility index (Phi) is 5.12. The van der Waals surface area contributed by atoms with E-state index in [9.17, 15) is 0 Å². The van der Waals surface area contributed by atoms with E-state index < -0.39 is 0 Å². The van der Waals surface area contributed by atoms with E-state index in [-0.39, 0.29) is 6.04 Å². The van der Waals surface area contributed by atoms with Gasteiger partial charge in [-0.2, -0.15) is 5.10 Å². The minimum Gasteiger partial charge on any atom is -0.313 e. The lowest BCUT2D eigenvalue weighted by molar-refractivity contribution is 0.469. The predicted octanol–water partition coefficient (Wildman–Crippen LogP) is 3.37. The number of nitrogens with zero attached hydrogens (tertiary/aromatic N) is 3. The summed E-state index contributed by atoms with van der Waals surface area (Å²) < 4.78 is 2.06. The van der Waals surface area contributed by atoms with Gasteiger partial charge < -0.3 is 5.32 Å². The number of nitrogens with one attached hydrogen (secondary N) is 1. The minimum absolute atomic E-state index is 0.269. The molecule has 2 aromatic heterocycles. The Morgan fingerprint density at radius 1 is 1.24 bits per heavy atom. The van der Waals surface area contributed by atoms with Crippen LogP contribution in [-0.4, -0.2) is 21.8 Å². The van der Waals surface area contributed by atoms with Gasteiger partial charge in [0, 0.05) is 36.1 Å². The summed E-state index contributed by atoms with van der Waals surface area (Å²) in [5, 5.41) is 8.10. The lowest BCUT2D eigenvalue weighted by atomic mass is 10.0. The first-order valence-corrected chi connectivity index (χ1v) is 7.70. The summed E-state index contributed by atoms with van der Waals surface area (Å²) >= 11 is 0. The third-order valence-corrected chi connectivity index (χ3v) is 3.97. The van der Waals surface area contributed by atoms with E-state index in [1.54, 1.807) is 0 Å². The molecule has 0 saturated heterocycles. The number of aryl methyl sites for hydroxylation is 2. The summed E-state index contributed by atoms with van der Waals surface area (Å²) in [4.78, 5) is 4.45. The second-order valence-corrected chi connectivity index (χ2v) is 5.77. The van der Waals surface area contributed by atoms with E-state index in [0.717, 1.165) is 29.9 Å². The van der Waals surface area contributed by atoms with Gasteiger partial charge in [-0.3, -0.25) is 9.67 Å². The Hall–Kier alpha value is -1.68. The third kappa shape index (κ3) is 3.91. The van der Waals surface area contributed by atoms with Gasteiger partial charge in [0.1, 0.15) is 0 Å². The predicted molar refractivity (Wildman–Crippen MR) is 86.4 cm³/mol. The van der Waals surface area contributed by atoms with Gasteiger partial charge >= 0.3 is 0 Å². The van der Waals surface area contributed by atoms with Gasteiger partial charge in [0.15, 0.2) is 0 Å². The average Bonchev–Trinajstić information content (AvgIpc) is 2.91. The Bertz CT molecular complexity index is 568. The molecule has 114 valence electrons. The molecule has 2 rings (SSSR count). The highest BCUT2D eigenvalue weighted by atomic mass is 15.3. The maximum absolute atomic E-state index is 4.70. The van der Waals surface area contributed by atoms with E-state index in [1.165, 1.54) is 5.56 Å². The molecule has 4 nitrogen and oxygen atoms in total. The topological polar surface area (TPSA) is 42.7 Å². The standard InChI is InChI=1S/C17H26N4/c1-6-14(4)21-8-7-16(20-21)11-17(18-5)15-9-12(2)19-13(3)10-15/h7-10,14,17-18H,6,11H2,1-5H3. The molecular weight excluding hydrogens is 260 g/mol. The summed E-state index contributed by atoms with van der Waals surface area (Å²) in [6, 6.07) is 7.15. The van der Waals surface area contributed by atoms with E-state index in [4.69, 9.17) is 5.10 Å². The number of likely N-dealkylation sites (N-methyl/N-ethyl adjacent to an activating group) is 1. The van der Waals surface area contributed by atoms with Gasteiger partial charge in [-0.1, -0.05) is 6.92 Å². The van der Waals surface area contributed by atoms with Gasteiger partial charge in [-0.15, -0.1) is 0 Å². The van der Waals surface area contributed by atoms with Crippen molar-refractivity contribution in [1.29, 1.82) is 0 Å². The molecule has 2 unspecified atom stereocenters. The van der Waals surface area contributed by atoms with E-state index in [2.05, 4.69) is 53.2 Å². The molecule has 0 aliphatic carbocycles. The van der Waals surface area contributed by atoms with Crippen LogP contribution in [0.1, 0.15) is 55.0 Å². The highest BCUT2D eigenvalue weighted by molar-refractivity contribution is 5.25. The second-order valence-electron chi connectivity index (χ2n) is 5.77. The van der Waals surface area contributed by atoms with Crippen LogP contribution in [0.2, 0.25) is 0 Å². The zero-order chi connectivity index (χ0) is 15.4. The fourth-order valence-corrected chi connectivity index (χ4v) is 2.58. The van der Waals surface area contributed by atoms with E-state index >= 15 is 0 Å². The first-order valence-electron chi connectivity index (χ1n) is 7.70. The fraction of sp³-hybridized carbons (Fsp3) is 0.529. The lowest BCUT2D eigenvalue weighted by Crippen LogP contribution is -2.20. The molecule has 2 atom stereocenters. The molecule has 0 amide bonds. The molecule has 2 heterocycles. The number of rotatable bonds is 6. The highest BCUT2D eigenvalue weighted by Gasteiger charge is 2.14. The molecule has 1 N–H and O–H groups in total. The van der Waals surface area contributed by atoms with Crippen molar-refractivity contribution in [2.75, 3.05) is 7.05 Å². The van der Waals surface area contributed by atoms with Crippen molar-refractivity contribution in [3.63, 3.8) is 0 Å². The van der Waals surface area contributed by atoms with Crippen molar-refractivity contribution in [3.05, 3.63) is 47.0 Å². The van der Waals surface area contributed by atoms with Crippen LogP contribution in [0.3, 0.4) is 0 Å². The molecule has 0 aliphatic heterocycles. The number of pyridine rings is 1. The minimum atomic E-state index is 0.269. The largest absolute Gasteiger partial charge is 0.313 e. The Morgan fingerprint density at radius 2 is 1.90 bits per heavy atom. The molecule has 0 fully saturated rings. The van der Waals surface area contributed by atoms with Crippen LogP contribution in [0.15, 0.2) is 24.4 Å². The van der Waals surface area contributed by atoms with Crippen LogP contribution < -0.4 is 5.32 Å². The summed E-state index contributed by atoms with van der Waals surface area (Å²) in [5.74, 6) is 0. The van der Waals surface area contributed by atoms with Gasteiger partial charge in [0.05, 0.1) is 5.69 Å². The highest BCUT2D eigenvalue weighted by Crippen LogP contribution is 2.19. The molecule has 21 heavy (non-hydrogen) atoms. The zero-order valence-corrected chi connectivity index (χ0v) is 13.7. The van der Waals surface area contributed by atoms with Gasteiger partial charge in [0.2, 0.25) is 0 Å². The quantitative estimate of drug-likeness (QED) is 0.885. The lowest BCUT2D eigenvalue weighted by Gasteiger charge is -2.17. The van der Waals surface area contributed by atoms with Gasteiger partial charge in [-0.05, 0) is 58.0 Å². The molecule has 0 bridgehead atoms. The van der Waals surface area contributed by atoms with Crippen molar-refractivity contribution in [3.8, 4) is 0 Å². The zero-order valence-electron chi connectivity index (χ0n) is 13.7. The number of hydrogen-bond acceptors (Lipinski definition) is 3. The van der Waals surface area contributed by atoms with Crippen molar-refractivity contribution in [2.24, 2.45) is 0 Å². The van der Waals surface area contributed by atoms with Crippen molar-refractivity contribution < 1.29 is 0 Å². The van der Waals surface area contributed by atoms with Crippen LogP contribution in [0.4, 0.5) is 0 Å². The van der Waals surface area contributed by atoms with Crippen LogP contribution in [0.5, 0.6) is 0 Å². The molecule has 0 spiro atoms. The van der Waals surface area contributed by atoms with Crippen molar-refractivity contribution in [1.82, 2.24) is 20.1 Å². The molecule has 4 heteroatoms. The monoisotopic (exact) mass is 286 g/mol. The Labute approximate surface area is 127 Å². The second kappa shape index (κ2) is 6.85. The van der Waals surface area contributed by atoms with Gasteiger partial charge in [0.25, 0.3) is 0 Å². The van der Waals surface area contributed by atoms with Crippen LogP contribution in [0, 0.1) is 13.8 Å². The van der Waals surface area contributed by atoms with Crippen molar-refractivity contribution >= 4 is 0 Å². The average molecular weight is 286 g/mol. The molecular formula is C17H26N4. The van der Waals surface area contributed by atoms with E-state index in [0.29, 0.717) is 6.04 Å². The maximum Gasteiger partial charge on any atom is 0.0643 e. The number of aromatic nitrogens is 3. The maximum atomic E-state index is 4.70. The first-order chi connectivity index (χ1) is 10.0. The van der Waals surface area contributed by atoms with Crippen molar-refractivity contribution in [2.45, 2.75) is 52.6 Å². The first kappa shape index (κ1) is 15.7. The normalized spacial score (nSPS) is 14.1. The Balaban J connectivity index is 2.17. The summed E-state index contributed by atoms with van der Waals surface area (Å²) in [6.07, 6.45) is 4.07.